The average Bonchev–Trinajstić information content (AvgIpc) is 2.15. The number of aryl methyl sites for hydroxylation is 2. The summed E-state index contributed by atoms with van der Waals surface area (Å²) in [5.41, 5.74) is 2.07. The average molecular weight is 229 g/mol. The van der Waals surface area contributed by atoms with Crippen molar-refractivity contribution in [3.05, 3.63) is 28.3 Å². The molecule has 15 heavy (non-hydrogen) atoms. The van der Waals surface area contributed by atoms with E-state index in [2.05, 4.69) is 0 Å². The van der Waals surface area contributed by atoms with Crippen LogP contribution in [0, 0.1) is 19.8 Å². The predicted molar refractivity (Wildman–Crippen MR) is 62.7 cm³/mol. The van der Waals surface area contributed by atoms with Gasteiger partial charge in [0.2, 0.25) is 0 Å². The van der Waals surface area contributed by atoms with E-state index in [9.17, 15) is 0 Å². The fourth-order valence-corrected chi connectivity index (χ4v) is 1.73. The summed E-state index contributed by atoms with van der Waals surface area (Å²) >= 11 is 5.92. The number of hydrogen-bond donors (Lipinski definition) is 1. The molecule has 0 amide bonds. The monoisotopic (exact) mass is 228 g/mol. The number of aliphatic hydroxyl groups is 1. The van der Waals surface area contributed by atoms with Gasteiger partial charge < -0.3 is 9.84 Å². The maximum Gasteiger partial charge on any atom is 0.125 e. The number of rotatable bonds is 4. The lowest BCUT2D eigenvalue weighted by Crippen LogP contribution is -2.13. The summed E-state index contributed by atoms with van der Waals surface area (Å²) in [5.74, 6) is 1.03. The van der Waals surface area contributed by atoms with Gasteiger partial charge in [-0.1, -0.05) is 18.5 Å². The van der Waals surface area contributed by atoms with Crippen LogP contribution in [0.3, 0.4) is 0 Å². The molecule has 1 rings (SSSR count). The molecule has 0 fully saturated rings. The van der Waals surface area contributed by atoms with E-state index >= 15 is 0 Å². The fraction of sp³-hybridized carbons (Fsp3) is 0.500. The molecule has 0 heterocycles. The Hall–Kier alpha value is -0.730. The van der Waals surface area contributed by atoms with Crippen LogP contribution in [0.25, 0.3) is 0 Å². The second-order valence-electron chi connectivity index (χ2n) is 3.97. The smallest absolute Gasteiger partial charge is 0.125 e. The lowest BCUT2D eigenvalue weighted by atomic mass is 10.1. The Morgan fingerprint density at radius 1 is 1.33 bits per heavy atom. The molecule has 84 valence electrons. The lowest BCUT2D eigenvalue weighted by Gasteiger charge is -2.15. The maximum atomic E-state index is 8.89. The highest BCUT2D eigenvalue weighted by Crippen LogP contribution is 2.27. The third-order valence-corrected chi connectivity index (χ3v) is 2.47. The van der Waals surface area contributed by atoms with Gasteiger partial charge in [-0.3, -0.25) is 0 Å². The first-order valence-electron chi connectivity index (χ1n) is 5.05. The minimum Gasteiger partial charge on any atom is -0.493 e. The van der Waals surface area contributed by atoms with E-state index in [1.807, 2.05) is 32.9 Å². The van der Waals surface area contributed by atoms with Crippen molar-refractivity contribution in [1.82, 2.24) is 0 Å². The van der Waals surface area contributed by atoms with Crippen molar-refractivity contribution in [3.63, 3.8) is 0 Å². The van der Waals surface area contributed by atoms with Crippen molar-refractivity contribution < 1.29 is 9.84 Å². The molecule has 0 bridgehead atoms. The Labute approximate surface area is 95.8 Å². The molecular formula is C12H17ClO2. The second kappa shape index (κ2) is 5.38. The molecule has 1 N–H and O–H groups in total. The first kappa shape index (κ1) is 12.3. The van der Waals surface area contributed by atoms with Crippen LogP contribution in [0.2, 0.25) is 5.02 Å². The molecule has 1 atom stereocenters. The maximum absolute atomic E-state index is 8.89. The molecule has 0 saturated carbocycles. The molecule has 1 aromatic carbocycles. The van der Waals surface area contributed by atoms with Crippen molar-refractivity contribution in [1.29, 1.82) is 0 Å². The molecule has 0 aromatic heterocycles. The van der Waals surface area contributed by atoms with E-state index in [1.54, 1.807) is 0 Å². The van der Waals surface area contributed by atoms with Crippen LogP contribution in [0.15, 0.2) is 12.1 Å². The van der Waals surface area contributed by atoms with Gasteiger partial charge >= 0.3 is 0 Å². The minimum absolute atomic E-state index is 0.145. The Morgan fingerprint density at radius 2 is 1.87 bits per heavy atom. The van der Waals surface area contributed by atoms with Gasteiger partial charge in [0.05, 0.1) is 6.61 Å². The van der Waals surface area contributed by atoms with E-state index in [0.717, 1.165) is 21.9 Å². The van der Waals surface area contributed by atoms with Crippen molar-refractivity contribution in [3.8, 4) is 5.75 Å². The zero-order valence-electron chi connectivity index (χ0n) is 9.38. The largest absolute Gasteiger partial charge is 0.493 e. The summed E-state index contributed by atoms with van der Waals surface area (Å²) in [5, 5.41) is 9.62. The number of ether oxygens (including phenoxy) is 1. The van der Waals surface area contributed by atoms with Gasteiger partial charge in [0.15, 0.2) is 0 Å². The zero-order valence-corrected chi connectivity index (χ0v) is 10.1. The highest BCUT2D eigenvalue weighted by molar-refractivity contribution is 6.30. The number of halogens is 1. The normalized spacial score (nSPS) is 12.6. The molecule has 1 unspecified atom stereocenters. The Bertz CT molecular complexity index is 313. The molecule has 0 aliphatic rings. The Morgan fingerprint density at radius 3 is 2.33 bits per heavy atom. The Kier molecular flexibility index (Phi) is 4.43. The quantitative estimate of drug-likeness (QED) is 0.859. The molecule has 0 saturated heterocycles. The van der Waals surface area contributed by atoms with Crippen LogP contribution in [0.4, 0.5) is 0 Å². The van der Waals surface area contributed by atoms with E-state index in [4.69, 9.17) is 21.4 Å². The molecule has 0 aliphatic heterocycles. The second-order valence-corrected chi connectivity index (χ2v) is 4.40. The summed E-state index contributed by atoms with van der Waals surface area (Å²) in [4.78, 5) is 0. The van der Waals surface area contributed by atoms with E-state index in [-0.39, 0.29) is 12.5 Å². The van der Waals surface area contributed by atoms with Crippen LogP contribution in [-0.4, -0.2) is 18.3 Å². The summed E-state index contributed by atoms with van der Waals surface area (Å²) in [6, 6.07) is 3.76. The van der Waals surface area contributed by atoms with Crippen LogP contribution < -0.4 is 4.74 Å². The van der Waals surface area contributed by atoms with Gasteiger partial charge in [-0.05, 0) is 37.1 Å². The number of benzene rings is 1. The third-order valence-electron chi connectivity index (χ3n) is 2.25. The highest BCUT2D eigenvalue weighted by Gasteiger charge is 2.07. The SMILES string of the molecule is Cc1cc(Cl)cc(C)c1OCC(C)CO. The van der Waals surface area contributed by atoms with Gasteiger partial charge in [0.1, 0.15) is 5.75 Å². The molecule has 0 radical (unpaired) electrons. The molecule has 1 aromatic rings. The van der Waals surface area contributed by atoms with Crippen molar-refractivity contribution in [2.75, 3.05) is 13.2 Å². The predicted octanol–water partition coefficient (Wildman–Crippen LogP) is 2.96. The topological polar surface area (TPSA) is 29.5 Å². The van der Waals surface area contributed by atoms with Crippen LogP contribution in [-0.2, 0) is 0 Å². The zero-order chi connectivity index (χ0) is 11.4. The number of aliphatic hydroxyl groups excluding tert-OH is 1. The summed E-state index contributed by atoms with van der Waals surface area (Å²) in [6.45, 7) is 6.56. The molecule has 3 heteroatoms. The molecule has 0 spiro atoms. The van der Waals surface area contributed by atoms with Gasteiger partial charge in [-0.25, -0.2) is 0 Å². The standard InChI is InChI=1S/C12H17ClO2/c1-8(6-14)7-15-12-9(2)4-11(13)5-10(12)3/h4-5,8,14H,6-7H2,1-3H3. The summed E-state index contributed by atoms with van der Waals surface area (Å²) < 4.78 is 5.66. The van der Waals surface area contributed by atoms with Gasteiger partial charge in [0, 0.05) is 17.5 Å². The van der Waals surface area contributed by atoms with Crippen molar-refractivity contribution in [2.24, 2.45) is 5.92 Å². The van der Waals surface area contributed by atoms with Gasteiger partial charge in [0.25, 0.3) is 0 Å². The van der Waals surface area contributed by atoms with E-state index < -0.39 is 0 Å². The fourth-order valence-electron chi connectivity index (χ4n) is 1.40. The van der Waals surface area contributed by atoms with Crippen LogP contribution >= 0.6 is 11.6 Å². The van der Waals surface area contributed by atoms with Crippen LogP contribution in [0.5, 0.6) is 5.75 Å². The molecular weight excluding hydrogens is 212 g/mol. The van der Waals surface area contributed by atoms with E-state index in [0.29, 0.717) is 6.61 Å². The first-order valence-corrected chi connectivity index (χ1v) is 5.42. The van der Waals surface area contributed by atoms with Gasteiger partial charge in [-0.2, -0.15) is 0 Å². The molecule has 0 aliphatic carbocycles. The Balaban J connectivity index is 2.77. The first-order chi connectivity index (χ1) is 7.04. The minimum atomic E-state index is 0.145. The lowest BCUT2D eigenvalue weighted by molar-refractivity contribution is 0.173. The summed E-state index contributed by atoms with van der Waals surface area (Å²) in [6.07, 6.45) is 0. The van der Waals surface area contributed by atoms with Crippen molar-refractivity contribution >= 4 is 11.6 Å². The molecule has 2 nitrogen and oxygen atoms in total. The highest BCUT2D eigenvalue weighted by atomic mass is 35.5. The van der Waals surface area contributed by atoms with Crippen molar-refractivity contribution in [2.45, 2.75) is 20.8 Å². The van der Waals surface area contributed by atoms with Gasteiger partial charge in [-0.15, -0.1) is 0 Å². The third kappa shape index (κ3) is 3.40. The van der Waals surface area contributed by atoms with Crippen LogP contribution in [0.1, 0.15) is 18.1 Å². The van der Waals surface area contributed by atoms with E-state index in [1.165, 1.54) is 0 Å². The summed E-state index contributed by atoms with van der Waals surface area (Å²) in [7, 11) is 0. The number of hydrogen-bond acceptors (Lipinski definition) is 2.